The highest BCUT2D eigenvalue weighted by Gasteiger charge is 2.04. The molecule has 0 unspecified atom stereocenters. The van der Waals surface area contributed by atoms with Crippen LogP contribution in [0.4, 0.5) is 0 Å². The average Bonchev–Trinajstić information content (AvgIpc) is 1.31. The number of hydrogen-bond donors (Lipinski definition) is 0. The third-order valence-electron chi connectivity index (χ3n) is 0.457. The smallest absolute Gasteiger partial charge is 0.211 e. The molecular weight excluding hydrogens is 138 g/mol. The zero-order valence-electron chi connectivity index (χ0n) is 4.05. The Morgan fingerprint density at radius 1 is 1.57 bits per heavy atom. The summed E-state index contributed by atoms with van der Waals surface area (Å²) in [4.78, 5) is 0. The van der Waals surface area contributed by atoms with Crippen molar-refractivity contribution < 1.29 is 8.42 Å². The molecule has 5 heteroatoms. The number of nitrogens with zero attached hydrogens (tertiary/aromatic N) is 1. The van der Waals surface area contributed by atoms with Gasteiger partial charge in [0.1, 0.15) is 0 Å². The van der Waals surface area contributed by atoms with Crippen LogP contribution in [0.5, 0.6) is 0 Å². The van der Waals surface area contributed by atoms with Gasteiger partial charge >= 0.3 is 0 Å². The van der Waals surface area contributed by atoms with Gasteiger partial charge in [-0.3, -0.25) is 0 Å². The molecule has 0 atom stereocenters. The molecule has 3 nitrogen and oxygen atoms in total. The zero-order chi connectivity index (χ0) is 6.08. The minimum atomic E-state index is -3.14. The average molecular weight is 144 g/mol. The highest BCUT2D eigenvalue weighted by Crippen LogP contribution is 1.93. The Morgan fingerprint density at radius 3 is 1.71 bits per heavy atom. The molecule has 0 fully saturated rings. The van der Waals surface area contributed by atoms with Crippen LogP contribution in [0.3, 0.4) is 0 Å². The first kappa shape index (κ1) is 7.20. The fraction of sp³-hybridized carbons (Fsp3) is 1.00. The lowest BCUT2D eigenvalue weighted by Crippen LogP contribution is -2.13. The lowest BCUT2D eigenvalue weighted by atomic mass is 11.6. The second kappa shape index (κ2) is 1.98. The Hall–Kier alpha value is 0.200. The van der Waals surface area contributed by atoms with E-state index in [4.69, 9.17) is 11.8 Å². The lowest BCUT2D eigenvalue weighted by molar-refractivity contribution is 0.568. The van der Waals surface area contributed by atoms with Gasteiger partial charge in [0, 0.05) is 7.05 Å². The molecule has 0 heterocycles. The van der Waals surface area contributed by atoms with Crippen molar-refractivity contribution in [3.63, 3.8) is 0 Å². The number of rotatable bonds is 1. The summed E-state index contributed by atoms with van der Waals surface area (Å²) < 4.78 is 20.9. The van der Waals surface area contributed by atoms with Crippen LogP contribution in [0, 0.1) is 0 Å². The van der Waals surface area contributed by atoms with Gasteiger partial charge in [-0.05, 0) is 11.8 Å². The van der Waals surface area contributed by atoms with E-state index in [0.29, 0.717) is 3.82 Å². The molecule has 0 rings (SSSR count). The molecule has 0 aliphatic rings. The molecule has 0 bridgehead atoms. The van der Waals surface area contributed by atoms with Gasteiger partial charge < -0.3 is 0 Å². The first-order valence-corrected chi connectivity index (χ1v) is 3.73. The van der Waals surface area contributed by atoms with E-state index in [-0.39, 0.29) is 0 Å². The highest BCUT2D eigenvalue weighted by molar-refractivity contribution is 7.89. The third kappa shape index (κ3) is 2.85. The summed E-state index contributed by atoms with van der Waals surface area (Å²) >= 11 is 5.00. The van der Waals surface area contributed by atoms with Gasteiger partial charge in [-0.25, -0.2) is 8.42 Å². The Labute approximate surface area is 48.0 Å². The molecular formula is C2H6ClNO2S. The Balaban J connectivity index is 4.10. The molecule has 0 aromatic rings. The standard InChI is InChI=1S/C2H6ClNO2S/c1-4(3)7(2,5)6/h1-2H3. The SMILES string of the molecule is CN(Cl)S(C)(=O)=O. The van der Waals surface area contributed by atoms with Crippen LogP contribution in [0.2, 0.25) is 0 Å². The first-order chi connectivity index (χ1) is 2.94. The zero-order valence-corrected chi connectivity index (χ0v) is 5.62. The van der Waals surface area contributed by atoms with Crippen molar-refractivity contribution in [3.8, 4) is 0 Å². The molecule has 0 N–H and O–H groups in total. The van der Waals surface area contributed by atoms with Crippen LogP contribution >= 0.6 is 11.8 Å². The topological polar surface area (TPSA) is 37.4 Å². The fourth-order valence-corrected chi connectivity index (χ4v) is 0. The summed E-state index contributed by atoms with van der Waals surface area (Å²) in [6.07, 6.45) is 1.03. The molecule has 0 aliphatic heterocycles. The van der Waals surface area contributed by atoms with Gasteiger partial charge in [0.2, 0.25) is 10.0 Å². The Kier molecular flexibility index (Phi) is 2.04. The maximum atomic E-state index is 10.1. The normalized spacial score (nSPS) is 12.6. The van der Waals surface area contributed by atoms with Crippen molar-refractivity contribution in [2.24, 2.45) is 0 Å². The predicted molar refractivity (Wildman–Crippen MR) is 28.5 cm³/mol. The van der Waals surface area contributed by atoms with E-state index in [1.165, 1.54) is 7.05 Å². The van der Waals surface area contributed by atoms with E-state index in [9.17, 15) is 8.42 Å². The molecule has 44 valence electrons. The van der Waals surface area contributed by atoms with Crippen LogP contribution in [0.15, 0.2) is 0 Å². The summed E-state index contributed by atoms with van der Waals surface area (Å²) in [6, 6.07) is 0. The largest absolute Gasteiger partial charge is 0.224 e. The summed E-state index contributed by atoms with van der Waals surface area (Å²) in [7, 11) is -1.88. The second-order valence-corrected chi connectivity index (χ2v) is 3.87. The van der Waals surface area contributed by atoms with Crippen molar-refractivity contribution in [2.45, 2.75) is 0 Å². The van der Waals surface area contributed by atoms with Gasteiger partial charge in [0.05, 0.1) is 6.26 Å². The summed E-state index contributed by atoms with van der Waals surface area (Å²) in [5, 5.41) is 0. The van der Waals surface area contributed by atoms with Gasteiger partial charge in [0.25, 0.3) is 0 Å². The van der Waals surface area contributed by atoms with Gasteiger partial charge in [-0.1, -0.05) is 0 Å². The van der Waals surface area contributed by atoms with Crippen molar-refractivity contribution in [1.29, 1.82) is 0 Å². The van der Waals surface area contributed by atoms with E-state index < -0.39 is 10.0 Å². The van der Waals surface area contributed by atoms with Crippen LogP contribution in [-0.4, -0.2) is 25.5 Å². The summed E-state index contributed by atoms with van der Waals surface area (Å²) in [6.45, 7) is 0. The van der Waals surface area contributed by atoms with E-state index in [1.54, 1.807) is 0 Å². The lowest BCUT2D eigenvalue weighted by Gasteiger charge is -1.98. The molecule has 7 heavy (non-hydrogen) atoms. The predicted octanol–water partition coefficient (Wildman–Crippen LogP) is 0.0316. The fourth-order valence-electron chi connectivity index (χ4n) is 0. The molecule has 0 aromatic heterocycles. The highest BCUT2D eigenvalue weighted by atomic mass is 35.5. The van der Waals surface area contributed by atoms with Gasteiger partial charge in [-0.2, -0.15) is 0 Å². The maximum Gasteiger partial charge on any atom is 0.224 e. The van der Waals surface area contributed by atoms with Crippen molar-refractivity contribution in [1.82, 2.24) is 3.82 Å². The molecule has 0 saturated carbocycles. The van der Waals surface area contributed by atoms with Gasteiger partial charge in [0.15, 0.2) is 0 Å². The summed E-state index contributed by atoms with van der Waals surface area (Å²) in [5.41, 5.74) is 0. The number of halogens is 1. The van der Waals surface area contributed by atoms with Gasteiger partial charge in [-0.15, -0.1) is 3.82 Å². The van der Waals surface area contributed by atoms with E-state index >= 15 is 0 Å². The Morgan fingerprint density at radius 2 is 1.71 bits per heavy atom. The Bertz CT molecular complexity index is 138. The maximum absolute atomic E-state index is 10.1. The number of hydrogen-bond acceptors (Lipinski definition) is 2. The van der Waals surface area contributed by atoms with Crippen LogP contribution < -0.4 is 0 Å². The molecule has 0 aliphatic carbocycles. The minimum Gasteiger partial charge on any atom is -0.211 e. The summed E-state index contributed by atoms with van der Waals surface area (Å²) in [5.74, 6) is 0. The van der Waals surface area contributed by atoms with Crippen LogP contribution in [0.25, 0.3) is 0 Å². The first-order valence-electron chi connectivity index (χ1n) is 1.54. The molecule has 0 spiro atoms. The molecule has 0 radical (unpaired) electrons. The van der Waals surface area contributed by atoms with E-state index in [2.05, 4.69) is 0 Å². The molecule has 0 saturated heterocycles. The second-order valence-electron chi connectivity index (χ2n) is 1.15. The van der Waals surface area contributed by atoms with Crippen molar-refractivity contribution in [2.75, 3.05) is 13.3 Å². The van der Waals surface area contributed by atoms with Crippen molar-refractivity contribution >= 4 is 21.8 Å². The van der Waals surface area contributed by atoms with Crippen LogP contribution in [0.1, 0.15) is 0 Å². The minimum absolute atomic E-state index is 0.632. The van der Waals surface area contributed by atoms with E-state index in [0.717, 1.165) is 6.26 Å². The monoisotopic (exact) mass is 143 g/mol. The van der Waals surface area contributed by atoms with Crippen LogP contribution in [-0.2, 0) is 10.0 Å². The van der Waals surface area contributed by atoms with E-state index in [1.807, 2.05) is 0 Å². The molecule has 0 amide bonds. The molecule has 0 aromatic carbocycles. The number of sulfonamides is 1. The van der Waals surface area contributed by atoms with Crippen molar-refractivity contribution in [3.05, 3.63) is 0 Å². The third-order valence-corrected chi connectivity index (χ3v) is 2.12. The quantitative estimate of drug-likeness (QED) is 0.486.